The molecule has 1 unspecified atom stereocenters. The van der Waals surface area contributed by atoms with Gasteiger partial charge in [-0.15, -0.1) is 0 Å². The first-order chi connectivity index (χ1) is 15.0. The summed E-state index contributed by atoms with van der Waals surface area (Å²) in [6.07, 6.45) is 8.55. The van der Waals surface area contributed by atoms with Gasteiger partial charge in [0.05, 0.1) is 12.2 Å². The van der Waals surface area contributed by atoms with E-state index in [1.807, 2.05) is 6.92 Å². The number of ether oxygens (including phenoxy) is 2. The van der Waals surface area contributed by atoms with Crippen LogP contribution in [0, 0.1) is 0 Å². The van der Waals surface area contributed by atoms with Gasteiger partial charge in [0.1, 0.15) is 18.3 Å². The van der Waals surface area contributed by atoms with Crippen molar-refractivity contribution in [1.82, 2.24) is 4.90 Å². The number of unbranched alkanes of at least 4 members (excludes halogenated alkanes) is 4. The molecule has 0 aliphatic rings. The summed E-state index contributed by atoms with van der Waals surface area (Å²) in [6.45, 7) is 3.78. The normalized spacial score (nSPS) is 11.5. The average Bonchev–Trinajstić information content (AvgIpc) is 2.79. The topological polar surface area (TPSA) is 90.0 Å². The molecule has 0 saturated carbocycles. The minimum atomic E-state index is -0.252. The summed E-state index contributed by atoms with van der Waals surface area (Å²) in [4.78, 5) is 46.5. The number of carbonyl (C=O) groups excluding carboxylic acids is 4. The van der Waals surface area contributed by atoms with Gasteiger partial charge >= 0.3 is 0 Å². The lowest BCUT2D eigenvalue weighted by Gasteiger charge is -2.25. The zero-order valence-electron chi connectivity index (χ0n) is 18.7. The number of aldehydes is 3. The number of amides is 1. The van der Waals surface area contributed by atoms with Crippen molar-refractivity contribution >= 4 is 24.8 Å². The molecule has 0 fully saturated rings. The van der Waals surface area contributed by atoms with Crippen molar-refractivity contribution in [3.8, 4) is 5.75 Å². The molecule has 0 N–H and O–H groups in total. The first-order valence-corrected chi connectivity index (χ1v) is 11.0. The van der Waals surface area contributed by atoms with E-state index >= 15 is 0 Å². The standard InChI is InChI=1S/C24H35NO6/c1-20(10-9-14-27)25(2)24(29)23-12-11-22(18-21(23)19-28)31-17-8-4-7-16-30-15-6-3-5-13-26/h11-14,18-20H,3-10,15-17H2,1-2H3. The van der Waals surface area contributed by atoms with E-state index in [9.17, 15) is 19.2 Å². The second kappa shape index (κ2) is 16.2. The second-order valence-corrected chi connectivity index (χ2v) is 7.56. The van der Waals surface area contributed by atoms with Crippen molar-refractivity contribution < 1.29 is 28.7 Å². The maximum atomic E-state index is 12.7. The molecule has 0 heterocycles. The maximum absolute atomic E-state index is 12.7. The van der Waals surface area contributed by atoms with Crippen LogP contribution in [0.4, 0.5) is 0 Å². The smallest absolute Gasteiger partial charge is 0.254 e. The van der Waals surface area contributed by atoms with Gasteiger partial charge in [0.15, 0.2) is 6.29 Å². The molecule has 7 nitrogen and oxygen atoms in total. The Labute approximate surface area is 185 Å². The zero-order valence-corrected chi connectivity index (χ0v) is 18.7. The quantitative estimate of drug-likeness (QED) is 0.258. The number of hydrogen-bond acceptors (Lipinski definition) is 6. The van der Waals surface area contributed by atoms with Crippen LogP contribution in [0.1, 0.15) is 79.0 Å². The highest BCUT2D eigenvalue weighted by Crippen LogP contribution is 2.20. The van der Waals surface area contributed by atoms with Crippen LogP contribution in [0.5, 0.6) is 5.75 Å². The molecule has 1 amide bonds. The molecule has 1 atom stereocenters. The third-order valence-electron chi connectivity index (χ3n) is 5.13. The first-order valence-electron chi connectivity index (χ1n) is 11.0. The Hall–Kier alpha value is -2.54. The number of hydrogen-bond donors (Lipinski definition) is 0. The maximum Gasteiger partial charge on any atom is 0.254 e. The highest BCUT2D eigenvalue weighted by atomic mass is 16.5. The van der Waals surface area contributed by atoms with Crippen molar-refractivity contribution in [2.75, 3.05) is 26.9 Å². The first kappa shape index (κ1) is 26.5. The molecule has 172 valence electrons. The van der Waals surface area contributed by atoms with Crippen LogP contribution < -0.4 is 4.74 Å². The molecule has 0 radical (unpaired) electrons. The third-order valence-corrected chi connectivity index (χ3v) is 5.13. The van der Waals surface area contributed by atoms with Crippen molar-refractivity contribution in [2.45, 2.75) is 64.3 Å². The van der Waals surface area contributed by atoms with Gasteiger partial charge in [-0.1, -0.05) is 0 Å². The SMILES string of the molecule is CC(CCC=O)N(C)C(=O)c1ccc(OCCCCCOCCCCC=O)cc1C=O. The van der Waals surface area contributed by atoms with E-state index < -0.39 is 0 Å². The number of carbonyl (C=O) groups is 4. The van der Waals surface area contributed by atoms with E-state index in [0.29, 0.717) is 62.2 Å². The summed E-state index contributed by atoms with van der Waals surface area (Å²) in [5.74, 6) is 0.306. The van der Waals surface area contributed by atoms with Crippen LogP contribution in [-0.2, 0) is 14.3 Å². The van der Waals surface area contributed by atoms with E-state index in [-0.39, 0.29) is 11.9 Å². The molecule has 0 aliphatic carbocycles. The molecular formula is C24H35NO6. The highest BCUT2D eigenvalue weighted by molar-refractivity contribution is 6.01. The van der Waals surface area contributed by atoms with Crippen LogP contribution in [-0.4, -0.2) is 62.6 Å². The molecule has 0 bridgehead atoms. The molecule has 1 rings (SSSR count). The molecule has 31 heavy (non-hydrogen) atoms. The highest BCUT2D eigenvalue weighted by Gasteiger charge is 2.20. The monoisotopic (exact) mass is 433 g/mol. The van der Waals surface area contributed by atoms with Crippen molar-refractivity contribution in [1.29, 1.82) is 0 Å². The molecule has 1 aromatic carbocycles. The lowest BCUT2D eigenvalue weighted by Crippen LogP contribution is -2.35. The van der Waals surface area contributed by atoms with Gasteiger partial charge in [-0.25, -0.2) is 0 Å². The number of nitrogens with zero attached hydrogens (tertiary/aromatic N) is 1. The van der Waals surface area contributed by atoms with Crippen LogP contribution in [0.3, 0.4) is 0 Å². The minimum absolute atomic E-state index is 0.103. The molecule has 0 aliphatic heterocycles. The molecule has 7 heteroatoms. The minimum Gasteiger partial charge on any atom is -0.494 e. The molecule has 0 spiro atoms. The summed E-state index contributed by atoms with van der Waals surface area (Å²) >= 11 is 0. The van der Waals surface area contributed by atoms with Crippen molar-refractivity contribution in [2.24, 2.45) is 0 Å². The van der Waals surface area contributed by atoms with Gasteiger partial charge < -0.3 is 24.0 Å². The zero-order chi connectivity index (χ0) is 22.9. The fourth-order valence-electron chi connectivity index (χ4n) is 3.02. The summed E-state index contributed by atoms with van der Waals surface area (Å²) in [5.41, 5.74) is 0.619. The Bertz CT molecular complexity index is 691. The van der Waals surface area contributed by atoms with E-state index in [1.54, 1.807) is 30.1 Å². The van der Waals surface area contributed by atoms with Gasteiger partial charge in [0.2, 0.25) is 0 Å². The third kappa shape index (κ3) is 10.4. The van der Waals surface area contributed by atoms with E-state index in [2.05, 4.69) is 0 Å². The summed E-state index contributed by atoms with van der Waals surface area (Å²) in [6, 6.07) is 4.80. The second-order valence-electron chi connectivity index (χ2n) is 7.56. The molecule has 1 aromatic rings. The summed E-state index contributed by atoms with van der Waals surface area (Å²) < 4.78 is 11.2. The average molecular weight is 434 g/mol. The lowest BCUT2D eigenvalue weighted by atomic mass is 10.1. The Morgan fingerprint density at radius 1 is 0.968 bits per heavy atom. The van der Waals surface area contributed by atoms with Crippen molar-refractivity contribution in [3.63, 3.8) is 0 Å². The van der Waals surface area contributed by atoms with E-state index in [4.69, 9.17) is 9.47 Å². The van der Waals surface area contributed by atoms with Crippen LogP contribution in [0.2, 0.25) is 0 Å². The Morgan fingerprint density at radius 3 is 2.32 bits per heavy atom. The van der Waals surface area contributed by atoms with Gasteiger partial charge in [0, 0.05) is 44.7 Å². The largest absolute Gasteiger partial charge is 0.494 e. The van der Waals surface area contributed by atoms with Crippen LogP contribution in [0.15, 0.2) is 18.2 Å². The Kier molecular flexibility index (Phi) is 13.8. The summed E-state index contributed by atoms with van der Waals surface area (Å²) in [7, 11) is 1.67. The predicted octanol–water partition coefficient (Wildman–Crippen LogP) is 3.87. The summed E-state index contributed by atoms with van der Waals surface area (Å²) in [5, 5.41) is 0. The predicted molar refractivity (Wildman–Crippen MR) is 119 cm³/mol. The van der Waals surface area contributed by atoms with Crippen molar-refractivity contribution in [3.05, 3.63) is 29.3 Å². The van der Waals surface area contributed by atoms with Gasteiger partial charge in [0.25, 0.3) is 5.91 Å². The molecular weight excluding hydrogens is 398 g/mol. The Balaban J connectivity index is 2.39. The van der Waals surface area contributed by atoms with Gasteiger partial charge in [-0.3, -0.25) is 9.59 Å². The molecule has 0 saturated heterocycles. The fourth-order valence-corrected chi connectivity index (χ4v) is 3.02. The lowest BCUT2D eigenvalue weighted by molar-refractivity contribution is -0.108. The van der Waals surface area contributed by atoms with E-state index in [1.165, 1.54) is 0 Å². The van der Waals surface area contributed by atoms with Gasteiger partial charge in [-0.2, -0.15) is 0 Å². The van der Waals surface area contributed by atoms with Gasteiger partial charge in [-0.05, 0) is 63.6 Å². The number of benzene rings is 1. The fraction of sp³-hybridized carbons (Fsp3) is 0.583. The van der Waals surface area contributed by atoms with E-state index in [0.717, 1.165) is 44.7 Å². The number of rotatable bonds is 18. The molecule has 0 aromatic heterocycles. The Morgan fingerprint density at radius 2 is 1.65 bits per heavy atom. The van der Waals surface area contributed by atoms with Crippen LogP contribution >= 0.6 is 0 Å². The van der Waals surface area contributed by atoms with Crippen LogP contribution in [0.25, 0.3) is 0 Å².